The summed E-state index contributed by atoms with van der Waals surface area (Å²) in [5.74, 6) is -1.51. The average molecular weight is 322 g/mol. The molecule has 124 valence electrons. The van der Waals surface area contributed by atoms with E-state index in [1.807, 2.05) is 0 Å². The number of benzene rings is 1. The molecule has 1 saturated heterocycles. The molecule has 1 heterocycles. The molecule has 2 rings (SSSR count). The molecule has 0 aromatic heterocycles. The Morgan fingerprint density at radius 2 is 2.04 bits per heavy atom. The molecular formula is C15H18N2O6. The summed E-state index contributed by atoms with van der Waals surface area (Å²) in [4.78, 5) is 33.4. The molecule has 2 atom stereocenters. The summed E-state index contributed by atoms with van der Waals surface area (Å²) in [6, 6.07) is 6.86. The molecule has 0 spiro atoms. The third kappa shape index (κ3) is 4.96. The molecule has 1 aliphatic rings. The second-order valence-electron chi connectivity index (χ2n) is 5.15. The van der Waals surface area contributed by atoms with E-state index in [1.165, 1.54) is 0 Å². The summed E-state index contributed by atoms with van der Waals surface area (Å²) in [6.45, 7) is 0.0203. The number of carboxylic acid groups (broad SMARTS) is 1. The topological polar surface area (TPSA) is 128 Å². The van der Waals surface area contributed by atoms with Crippen molar-refractivity contribution in [3.05, 3.63) is 29.8 Å². The van der Waals surface area contributed by atoms with Crippen LogP contribution in [0, 0.1) is 0 Å². The SMILES string of the molecule is NC(=O)COc1cccc(CNC(=O)[C@@H]2CC[C@H](C(=O)O)O2)c1. The first-order valence-corrected chi connectivity index (χ1v) is 7.11. The number of nitrogens with two attached hydrogens (primary N) is 1. The van der Waals surface area contributed by atoms with Gasteiger partial charge in [0.2, 0.25) is 5.91 Å². The van der Waals surface area contributed by atoms with Gasteiger partial charge < -0.3 is 25.6 Å². The number of carbonyl (C=O) groups is 3. The van der Waals surface area contributed by atoms with Gasteiger partial charge >= 0.3 is 5.97 Å². The molecule has 4 N–H and O–H groups in total. The molecule has 0 aliphatic carbocycles. The second-order valence-corrected chi connectivity index (χ2v) is 5.15. The minimum absolute atomic E-state index is 0.220. The van der Waals surface area contributed by atoms with Crippen LogP contribution >= 0.6 is 0 Å². The Hall–Kier alpha value is -2.61. The Bertz CT molecular complexity index is 603. The summed E-state index contributed by atoms with van der Waals surface area (Å²) in [7, 11) is 0. The van der Waals surface area contributed by atoms with Crippen molar-refractivity contribution in [3.8, 4) is 5.75 Å². The second kappa shape index (κ2) is 7.59. The summed E-state index contributed by atoms with van der Waals surface area (Å²) < 4.78 is 10.4. The molecule has 8 heteroatoms. The molecule has 0 unspecified atom stereocenters. The van der Waals surface area contributed by atoms with E-state index in [0.717, 1.165) is 5.56 Å². The van der Waals surface area contributed by atoms with Gasteiger partial charge in [-0.2, -0.15) is 0 Å². The van der Waals surface area contributed by atoms with Crippen molar-refractivity contribution in [1.29, 1.82) is 0 Å². The van der Waals surface area contributed by atoms with Gasteiger partial charge in [0.05, 0.1) is 0 Å². The first kappa shape index (κ1) is 16.8. The molecule has 1 aliphatic heterocycles. The molecule has 0 bridgehead atoms. The van der Waals surface area contributed by atoms with E-state index in [9.17, 15) is 14.4 Å². The molecule has 2 amide bonds. The summed E-state index contributed by atoms with van der Waals surface area (Å²) >= 11 is 0. The van der Waals surface area contributed by atoms with Crippen molar-refractivity contribution in [3.63, 3.8) is 0 Å². The number of primary amides is 1. The number of aliphatic carboxylic acids is 1. The lowest BCUT2D eigenvalue weighted by atomic mass is 10.1. The van der Waals surface area contributed by atoms with Crippen LogP contribution in [0.2, 0.25) is 0 Å². The molecule has 23 heavy (non-hydrogen) atoms. The monoisotopic (exact) mass is 322 g/mol. The van der Waals surface area contributed by atoms with Crippen molar-refractivity contribution in [1.82, 2.24) is 5.32 Å². The Kier molecular flexibility index (Phi) is 5.53. The number of nitrogens with one attached hydrogen (secondary N) is 1. The van der Waals surface area contributed by atoms with Crippen LogP contribution in [0.4, 0.5) is 0 Å². The third-order valence-electron chi connectivity index (χ3n) is 3.33. The number of rotatable bonds is 7. The van der Waals surface area contributed by atoms with Crippen molar-refractivity contribution in [2.45, 2.75) is 31.6 Å². The number of amides is 2. The van der Waals surface area contributed by atoms with E-state index in [4.69, 9.17) is 20.3 Å². The Balaban J connectivity index is 1.83. The normalized spacial score (nSPS) is 20.0. The smallest absolute Gasteiger partial charge is 0.332 e. The van der Waals surface area contributed by atoms with Crippen molar-refractivity contribution in [2.24, 2.45) is 5.73 Å². The van der Waals surface area contributed by atoms with Crippen molar-refractivity contribution in [2.75, 3.05) is 6.61 Å². The number of hydrogen-bond donors (Lipinski definition) is 3. The van der Waals surface area contributed by atoms with Gasteiger partial charge in [-0.05, 0) is 30.5 Å². The van der Waals surface area contributed by atoms with Gasteiger partial charge in [0, 0.05) is 6.54 Å². The van der Waals surface area contributed by atoms with Gasteiger partial charge in [0.1, 0.15) is 11.9 Å². The van der Waals surface area contributed by atoms with Crippen LogP contribution in [0.15, 0.2) is 24.3 Å². The highest BCUT2D eigenvalue weighted by Gasteiger charge is 2.34. The standard InChI is InChI=1S/C15H18N2O6/c16-13(18)8-22-10-3-1-2-9(6-10)7-17-14(19)11-4-5-12(23-11)15(20)21/h1-3,6,11-12H,4-5,7-8H2,(H2,16,18)(H,17,19)(H,20,21)/t11-,12+/m0/s1. The molecule has 1 aromatic rings. The fourth-order valence-electron chi connectivity index (χ4n) is 2.21. The van der Waals surface area contributed by atoms with Gasteiger partial charge in [-0.1, -0.05) is 12.1 Å². The minimum atomic E-state index is -1.06. The maximum Gasteiger partial charge on any atom is 0.332 e. The lowest BCUT2D eigenvalue weighted by Gasteiger charge is -2.12. The van der Waals surface area contributed by atoms with E-state index in [-0.39, 0.29) is 19.1 Å². The minimum Gasteiger partial charge on any atom is -0.484 e. The van der Waals surface area contributed by atoms with Gasteiger partial charge in [-0.3, -0.25) is 9.59 Å². The van der Waals surface area contributed by atoms with Crippen molar-refractivity contribution >= 4 is 17.8 Å². The fourth-order valence-corrected chi connectivity index (χ4v) is 2.21. The highest BCUT2D eigenvalue weighted by molar-refractivity contribution is 5.82. The lowest BCUT2D eigenvalue weighted by molar-refractivity contribution is -0.151. The average Bonchev–Trinajstić information content (AvgIpc) is 3.01. The van der Waals surface area contributed by atoms with E-state index in [1.54, 1.807) is 24.3 Å². The highest BCUT2D eigenvalue weighted by atomic mass is 16.5. The zero-order chi connectivity index (χ0) is 16.8. The Labute approximate surface area is 132 Å². The van der Waals surface area contributed by atoms with E-state index < -0.39 is 24.1 Å². The van der Waals surface area contributed by atoms with Gasteiger partial charge in [0.15, 0.2) is 12.7 Å². The van der Waals surface area contributed by atoms with E-state index in [0.29, 0.717) is 18.6 Å². The molecule has 1 aromatic carbocycles. The summed E-state index contributed by atoms with van der Waals surface area (Å²) in [6.07, 6.45) is -0.962. The predicted octanol–water partition coefficient (Wildman–Crippen LogP) is -0.201. The molecule has 0 radical (unpaired) electrons. The predicted molar refractivity (Wildman–Crippen MR) is 78.5 cm³/mol. The number of ether oxygens (including phenoxy) is 2. The number of hydrogen-bond acceptors (Lipinski definition) is 5. The van der Waals surface area contributed by atoms with Crippen LogP contribution < -0.4 is 15.8 Å². The van der Waals surface area contributed by atoms with Crippen LogP contribution in [-0.2, 0) is 25.7 Å². The first-order chi connectivity index (χ1) is 11.0. The molecule has 1 fully saturated rings. The largest absolute Gasteiger partial charge is 0.484 e. The van der Waals surface area contributed by atoms with Gasteiger partial charge in [0.25, 0.3) is 5.91 Å². The van der Waals surface area contributed by atoms with Gasteiger partial charge in [-0.15, -0.1) is 0 Å². The molecule has 0 saturated carbocycles. The maximum absolute atomic E-state index is 12.0. The zero-order valence-corrected chi connectivity index (χ0v) is 12.4. The number of carbonyl (C=O) groups excluding carboxylic acids is 2. The molecular weight excluding hydrogens is 304 g/mol. The third-order valence-corrected chi connectivity index (χ3v) is 3.33. The van der Waals surface area contributed by atoms with Crippen LogP contribution in [0.5, 0.6) is 5.75 Å². The fraction of sp³-hybridized carbons (Fsp3) is 0.400. The maximum atomic E-state index is 12.0. The van der Waals surface area contributed by atoms with E-state index >= 15 is 0 Å². The Morgan fingerprint density at radius 1 is 1.30 bits per heavy atom. The Morgan fingerprint density at radius 3 is 2.70 bits per heavy atom. The highest BCUT2D eigenvalue weighted by Crippen LogP contribution is 2.20. The molecule has 8 nitrogen and oxygen atoms in total. The van der Waals surface area contributed by atoms with Crippen LogP contribution in [0.1, 0.15) is 18.4 Å². The zero-order valence-electron chi connectivity index (χ0n) is 12.4. The van der Waals surface area contributed by atoms with Crippen LogP contribution in [0.25, 0.3) is 0 Å². The quantitative estimate of drug-likeness (QED) is 0.638. The van der Waals surface area contributed by atoms with Gasteiger partial charge in [-0.25, -0.2) is 4.79 Å². The summed E-state index contributed by atoms with van der Waals surface area (Å²) in [5, 5.41) is 11.5. The first-order valence-electron chi connectivity index (χ1n) is 7.11. The number of carboxylic acids is 1. The van der Waals surface area contributed by atoms with Crippen LogP contribution in [-0.4, -0.2) is 41.7 Å². The van der Waals surface area contributed by atoms with E-state index in [2.05, 4.69) is 5.32 Å². The lowest BCUT2D eigenvalue weighted by Crippen LogP contribution is -2.35. The van der Waals surface area contributed by atoms with Crippen LogP contribution in [0.3, 0.4) is 0 Å². The van der Waals surface area contributed by atoms with Crippen molar-refractivity contribution < 1.29 is 29.0 Å². The summed E-state index contributed by atoms with van der Waals surface area (Å²) in [5.41, 5.74) is 5.77.